The number of aliphatic hydroxyl groups is 2. The highest BCUT2D eigenvalue weighted by atomic mass is 16.4. The van der Waals surface area contributed by atoms with E-state index in [4.69, 9.17) is 0 Å². The predicted molar refractivity (Wildman–Crippen MR) is 95.2 cm³/mol. The van der Waals surface area contributed by atoms with Crippen LogP contribution < -0.4 is 0 Å². The van der Waals surface area contributed by atoms with Crippen molar-refractivity contribution in [2.24, 2.45) is 28.6 Å². The number of carbonyl (C=O) groups excluding carboxylic acids is 1. The van der Waals surface area contributed by atoms with Crippen molar-refractivity contribution < 1.29 is 24.9 Å². The molecule has 2 unspecified atom stereocenters. The number of carboxylic acids is 1. The van der Waals surface area contributed by atoms with E-state index in [1.807, 2.05) is 13.8 Å². The molecule has 0 spiro atoms. The van der Waals surface area contributed by atoms with Crippen LogP contribution in [0.3, 0.4) is 0 Å². The van der Waals surface area contributed by atoms with E-state index in [2.05, 4.69) is 13.0 Å². The number of carboxylic acid groups (broad SMARTS) is 1. The van der Waals surface area contributed by atoms with Crippen LogP contribution in [-0.4, -0.2) is 38.8 Å². The van der Waals surface area contributed by atoms with Crippen LogP contribution in [0.15, 0.2) is 23.3 Å². The van der Waals surface area contributed by atoms with E-state index in [1.54, 1.807) is 6.08 Å². The molecule has 0 saturated heterocycles. The van der Waals surface area contributed by atoms with Gasteiger partial charge in [0.25, 0.3) is 0 Å². The van der Waals surface area contributed by atoms with Crippen molar-refractivity contribution in [2.45, 2.75) is 64.6 Å². The highest BCUT2D eigenvalue weighted by molar-refractivity contribution is 5.92. The summed E-state index contributed by atoms with van der Waals surface area (Å²) < 4.78 is 0. The molecule has 7 atom stereocenters. The van der Waals surface area contributed by atoms with E-state index in [0.717, 1.165) is 11.1 Å². The molecule has 2 saturated carbocycles. The molecule has 0 aromatic heterocycles. The lowest BCUT2D eigenvalue weighted by Gasteiger charge is -2.59. The summed E-state index contributed by atoms with van der Waals surface area (Å²) in [5, 5.41) is 31.8. The summed E-state index contributed by atoms with van der Waals surface area (Å²) in [6, 6.07) is 0. The maximum Gasteiger partial charge on any atom is 0.336 e. The van der Waals surface area contributed by atoms with Crippen LogP contribution in [0, 0.1) is 28.6 Å². The topological polar surface area (TPSA) is 94.8 Å². The second-order valence-corrected chi connectivity index (χ2v) is 9.39. The van der Waals surface area contributed by atoms with Gasteiger partial charge < -0.3 is 15.3 Å². The van der Waals surface area contributed by atoms with E-state index in [0.29, 0.717) is 19.3 Å². The molecule has 0 aliphatic heterocycles. The SMILES string of the molecule is CC1=C[C@@H]2C([C@@H](O)C[C@@]3(C)C2CC[C@]3(O)C(=O)O)[C@@]2(C)CCC(=O)C=C12. The Labute approximate surface area is 153 Å². The summed E-state index contributed by atoms with van der Waals surface area (Å²) in [5.74, 6) is -1.05. The molecular weight excluding hydrogens is 332 g/mol. The first kappa shape index (κ1) is 17.9. The summed E-state index contributed by atoms with van der Waals surface area (Å²) >= 11 is 0. The largest absolute Gasteiger partial charge is 0.479 e. The summed E-state index contributed by atoms with van der Waals surface area (Å²) in [6.45, 7) is 5.98. The van der Waals surface area contributed by atoms with E-state index >= 15 is 0 Å². The molecule has 0 radical (unpaired) electrons. The van der Waals surface area contributed by atoms with Crippen molar-refractivity contribution >= 4 is 11.8 Å². The van der Waals surface area contributed by atoms with Crippen LogP contribution in [0.25, 0.3) is 0 Å². The first-order valence-electron chi connectivity index (χ1n) is 9.62. The molecule has 0 amide bonds. The smallest absolute Gasteiger partial charge is 0.336 e. The normalized spacial score (nSPS) is 50.3. The summed E-state index contributed by atoms with van der Waals surface area (Å²) in [4.78, 5) is 23.8. The van der Waals surface area contributed by atoms with Crippen molar-refractivity contribution in [2.75, 3.05) is 0 Å². The van der Waals surface area contributed by atoms with Gasteiger partial charge in [0.05, 0.1) is 6.10 Å². The molecule has 0 bridgehead atoms. The quantitative estimate of drug-likeness (QED) is 0.668. The second-order valence-electron chi connectivity index (χ2n) is 9.39. The van der Waals surface area contributed by atoms with Crippen LogP contribution in [0.5, 0.6) is 0 Å². The standard InChI is InChI=1S/C21H28O5/c1-11-8-13-14-5-7-21(26,18(24)25)20(14,3)10-16(23)17(13)19(2)6-4-12(22)9-15(11)19/h8-9,13-14,16-17,23,26H,4-7,10H2,1-3H3,(H,24,25)/t13-,14?,16-,17?,19-,20-,21-/m0/s1. The predicted octanol–water partition coefficient (Wildman–Crippen LogP) is 2.47. The molecule has 5 nitrogen and oxygen atoms in total. The molecule has 2 fully saturated rings. The van der Waals surface area contributed by atoms with Crippen molar-refractivity contribution in [1.82, 2.24) is 0 Å². The third kappa shape index (κ3) is 1.99. The summed E-state index contributed by atoms with van der Waals surface area (Å²) in [5.41, 5.74) is -0.821. The Balaban J connectivity index is 1.85. The average molecular weight is 360 g/mol. The van der Waals surface area contributed by atoms with E-state index in [9.17, 15) is 24.9 Å². The van der Waals surface area contributed by atoms with Crippen LogP contribution in [0.2, 0.25) is 0 Å². The Kier molecular flexibility index (Phi) is 3.65. The van der Waals surface area contributed by atoms with Gasteiger partial charge in [0.15, 0.2) is 11.4 Å². The van der Waals surface area contributed by atoms with Gasteiger partial charge in [-0.05, 0) is 61.5 Å². The number of carbonyl (C=O) groups is 2. The monoisotopic (exact) mass is 360 g/mol. The fourth-order valence-corrected chi connectivity index (χ4v) is 6.91. The molecule has 3 N–H and O–H groups in total. The Hall–Kier alpha value is -1.46. The highest BCUT2D eigenvalue weighted by Crippen LogP contribution is 2.66. The van der Waals surface area contributed by atoms with Crippen LogP contribution >= 0.6 is 0 Å². The van der Waals surface area contributed by atoms with Gasteiger partial charge in [-0.3, -0.25) is 4.79 Å². The lowest BCUT2D eigenvalue weighted by atomic mass is 9.46. The molecular formula is C21H28O5. The number of ketones is 1. The number of rotatable bonds is 1. The Morgan fingerprint density at radius 2 is 1.96 bits per heavy atom. The molecule has 0 aromatic carbocycles. The number of hydrogen-bond acceptors (Lipinski definition) is 4. The van der Waals surface area contributed by atoms with E-state index in [1.165, 1.54) is 0 Å². The third-order valence-corrected chi connectivity index (χ3v) is 8.28. The third-order valence-electron chi connectivity index (χ3n) is 8.28. The Morgan fingerprint density at radius 1 is 1.27 bits per heavy atom. The number of aliphatic hydroxyl groups excluding tert-OH is 1. The highest BCUT2D eigenvalue weighted by Gasteiger charge is 2.68. The molecule has 4 aliphatic rings. The van der Waals surface area contributed by atoms with Gasteiger partial charge in [0, 0.05) is 17.8 Å². The van der Waals surface area contributed by atoms with Crippen molar-refractivity contribution in [3.05, 3.63) is 23.3 Å². The Morgan fingerprint density at radius 3 is 2.62 bits per heavy atom. The van der Waals surface area contributed by atoms with Crippen molar-refractivity contribution in [3.63, 3.8) is 0 Å². The van der Waals surface area contributed by atoms with Gasteiger partial charge in [0.2, 0.25) is 0 Å². The van der Waals surface area contributed by atoms with Gasteiger partial charge in [0.1, 0.15) is 0 Å². The average Bonchev–Trinajstić information content (AvgIpc) is 2.81. The zero-order chi connectivity index (χ0) is 19.1. The molecule has 5 heteroatoms. The molecule has 142 valence electrons. The van der Waals surface area contributed by atoms with E-state index < -0.39 is 23.1 Å². The fraction of sp³-hybridized carbons (Fsp3) is 0.714. The minimum atomic E-state index is -1.79. The Bertz CT molecular complexity index is 752. The first-order valence-corrected chi connectivity index (χ1v) is 9.62. The molecule has 26 heavy (non-hydrogen) atoms. The first-order chi connectivity index (χ1) is 12.0. The number of aliphatic carboxylic acids is 1. The molecule has 4 aliphatic carbocycles. The number of allylic oxidation sites excluding steroid dienone is 4. The van der Waals surface area contributed by atoms with Gasteiger partial charge in [-0.1, -0.05) is 25.5 Å². The maximum atomic E-state index is 12.0. The molecule has 0 heterocycles. The van der Waals surface area contributed by atoms with Crippen LogP contribution in [0.1, 0.15) is 52.9 Å². The van der Waals surface area contributed by atoms with E-state index in [-0.39, 0.29) is 41.8 Å². The van der Waals surface area contributed by atoms with Gasteiger partial charge >= 0.3 is 5.97 Å². The zero-order valence-corrected chi connectivity index (χ0v) is 15.7. The number of hydrogen-bond donors (Lipinski definition) is 3. The van der Waals surface area contributed by atoms with Crippen molar-refractivity contribution in [3.8, 4) is 0 Å². The minimum absolute atomic E-state index is 0.0166. The fourth-order valence-electron chi connectivity index (χ4n) is 6.91. The number of fused-ring (bicyclic) bond motifs is 5. The van der Waals surface area contributed by atoms with Gasteiger partial charge in [-0.25, -0.2) is 4.79 Å². The molecule has 4 rings (SSSR count). The minimum Gasteiger partial charge on any atom is -0.479 e. The summed E-state index contributed by atoms with van der Waals surface area (Å²) in [7, 11) is 0. The lowest BCUT2D eigenvalue weighted by Crippen LogP contribution is -2.61. The van der Waals surface area contributed by atoms with Crippen LogP contribution in [-0.2, 0) is 9.59 Å². The second kappa shape index (κ2) is 5.29. The van der Waals surface area contributed by atoms with Crippen LogP contribution in [0.4, 0.5) is 0 Å². The molecule has 0 aromatic rings. The lowest BCUT2D eigenvalue weighted by molar-refractivity contribution is -0.189. The maximum absolute atomic E-state index is 12.0. The van der Waals surface area contributed by atoms with Gasteiger partial charge in [-0.15, -0.1) is 0 Å². The summed E-state index contributed by atoms with van der Waals surface area (Å²) in [6.07, 6.45) is 5.54. The van der Waals surface area contributed by atoms with Gasteiger partial charge in [-0.2, -0.15) is 0 Å². The van der Waals surface area contributed by atoms with Crippen molar-refractivity contribution in [1.29, 1.82) is 0 Å². The zero-order valence-electron chi connectivity index (χ0n) is 15.7.